The molecule has 0 spiro atoms. The normalized spacial score (nSPS) is 10.8. The highest BCUT2D eigenvalue weighted by Gasteiger charge is 2.15. The van der Waals surface area contributed by atoms with Crippen LogP contribution in [0.4, 0.5) is 10.3 Å². The fraction of sp³-hybridized carbons (Fsp3) is 0.250. The minimum Gasteiger partial charge on any atom is -0.293 e. The van der Waals surface area contributed by atoms with E-state index in [1.807, 2.05) is 13.0 Å². The minimum absolute atomic E-state index is 0.0716. The molecule has 7 nitrogen and oxygen atoms in total. The van der Waals surface area contributed by atoms with E-state index in [0.29, 0.717) is 17.1 Å². The first-order chi connectivity index (χ1) is 11.4. The zero-order valence-corrected chi connectivity index (χ0v) is 13.6. The molecule has 0 unspecified atom stereocenters. The van der Waals surface area contributed by atoms with E-state index < -0.39 is 0 Å². The summed E-state index contributed by atoms with van der Waals surface area (Å²) in [6.07, 6.45) is 1.73. The Balaban J connectivity index is 1.85. The molecule has 0 atom stereocenters. The number of anilines is 1. The smallest absolute Gasteiger partial charge is 0.248 e. The zero-order chi connectivity index (χ0) is 17.3. The van der Waals surface area contributed by atoms with Gasteiger partial charge >= 0.3 is 0 Å². The summed E-state index contributed by atoms with van der Waals surface area (Å²) in [6, 6.07) is 6.18. The molecule has 2 aromatic heterocycles. The summed E-state index contributed by atoms with van der Waals surface area (Å²) in [7, 11) is 0. The van der Waals surface area contributed by atoms with Crippen molar-refractivity contribution in [3.05, 3.63) is 53.4 Å². The van der Waals surface area contributed by atoms with Crippen LogP contribution < -0.4 is 5.32 Å². The first kappa shape index (κ1) is 15.9. The highest BCUT2D eigenvalue weighted by atomic mass is 19.1. The molecule has 1 amide bonds. The summed E-state index contributed by atoms with van der Waals surface area (Å²) in [4.78, 5) is 16.4. The molecule has 124 valence electrons. The molecule has 0 aliphatic heterocycles. The molecule has 0 aliphatic carbocycles. The lowest BCUT2D eigenvalue weighted by Crippen LogP contribution is -2.21. The number of carbonyl (C=O) groups excluding carboxylic acids is 1. The number of rotatable bonds is 4. The summed E-state index contributed by atoms with van der Waals surface area (Å²) >= 11 is 0. The third-order valence-electron chi connectivity index (χ3n) is 3.43. The molecule has 0 aliphatic rings. The molecule has 0 fully saturated rings. The maximum absolute atomic E-state index is 13.3. The third kappa shape index (κ3) is 3.32. The summed E-state index contributed by atoms with van der Waals surface area (Å²) in [5.41, 5.74) is 2.18. The number of nitrogens with zero attached hydrogens (tertiary/aromatic N) is 5. The van der Waals surface area contributed by atoms with Gasteiger partial charge in [0.15, 0.2) is 0 Å². The van der Waals surface area contributed by atoms with Crippen LogP contribution in [0.1, 0.15) is 17.1 Å². The van der Waals surface area contributed by atoms with Crippen molar-refractivity contribution in [1.29, 1.82) is 0 Å². The SMILES string of the molecule is Cc1ccn(CC(=O)Nc2nc(C)nn2-c2ccc(F)cc2C)n1. The van der Waals surface area contributed by atoms with E-state index in [0.717, 1.165) is 5.69 Å². The van der Waals surface area contributed by atoms with Crippen LogP contribution in [0, 0.1) is 26.6 Å². The maximum Gasteiger partial charge on any atom is 0.248 e. The number of nitrogens with one attached hydrogen (secondary N) is 1. The summed E-state index contributed by atoms with van der Waals surface area (Å²) < 4.78 is 16.3. The van der Waals surface area contributed by atoms with Gasteiger partial charge in [0.2, 0.25) is 11.9 Å². The Morgan fingerprint density at radius 3 is 2.67 bits per heavy atom. The molecule has 1 N–H and O–H groups in total. The predicted molar refractivity (Wildman–Crippen MR) is 86.4 cm³/mol. The van der Waals surface area contributed by atoms with Crippen LogP contribution in [0.15, 0.2) is 30.5 Å². The topological polar surface area (TPSA) is 77.6 Å². The molecule has 1 aromatic carbocycles. The number of aromatic nitrogens is 5. The molecule has 0 saturated carbocycles. The van der Waals surface area contributed by atoms with Crippen LogP contribution in [-0.4, -0.2) is 30.5 Å². The van der Waals surface area contributed by atoms with E-state index in [4.69, 9.17) is 0 Å². The van der Waals surface area contributed by atoms with Crippen LogP contribution in [0.2, 0.25) is 0 Å². The molecule has 3 aromatic rings. The largest absolute Gasteiger partial charge is 0.293 e. The van der Waals surface area contributed by atoms with Gasteiger partial charge in [0.25, 0.3) is 0 Å². The lowest BCUT2D eigenvalue weighted by molar-refractivity contribution is -0.117. The van der Waals surface area contributed by atoms with Gasteiger partial charge in [-0.2, -0.15) is 14.8 Å². The number of hydrogen-bond acceptors (Lipinski definition) is 4. The number of benzene rings is 1. The van der Waals surface area contributed by atoms with Crippen LogP contribution in [-0.2, 0) is 11.3 Å². The molecule has 24 heavy (non-hydrogen) atoms. The maximum atomic E-state index is 13.3. The molecule has 3 rings (SSSR count). The van der Waals surface area contributed by atoms with Crippen molar-refractivity contribution in [2.24, 2.45) is 0 Å². The van der Waals surface area contributed by atoms with Crippen molar-refractivity contribution >= 4 is 11.9 Å². The summed E-state index contributed by atoms with van der Waals surface area (Å²) in [5.74, 6) is 0.194. The van der Waals surface area contributed by atoms with Gasteiger partial charge < -0.3 is 0 Å². The van der Waals surface area contributed by atoms with Gasteiger partial charge in [-0.05, 0) is 50.6 Å². The lowest BCUT2D eigenvalue weighted by Gasteiger charge is -2.10. The highest BCUT2D eigenvalue weighted by molar-refractivity contribution is 5.89. The molecule has 0 radical (unpaired) electrons. The van der Waals surface area contributed by atoms with Crippen molar-refractivity contribution in [2.45, 2.75) is 27.3 Å². The zero-order valence-electron chi connectivity index (χ0n) is 13.6. The average Bonchev–Trinajstić information content (AvgIpc) is 3.05. The van der Waals surface area contributed by atoms with Crippen LogP contribution >= 0.6 is 0 Å². The van der Waals surface area contributed by atoms with Crippen molar-refractivity contribution in [2.75, 3.05) is 5.32 Å². The Labute approximate surface area is 138 Å². The van der Waals surface area contributed by atoms with Gasteiger partial charge in [-0.1, -0.05) is 0 Å². The van der Waals surface area contributed by atoms with Crippen LogP contribution in [0.3, 0.4) is 0 Å². The van der Waals surface area contributed by atoms with Crippen molar-refractivity contribution in [3.8, 4) is 5.69 Å². The quantitative estimate of drug-likeness (QED) is 0.796. The van der Waals surface area contributed by atoms with E-state index in [2.05, 4.69) is 20.5 Å². The predicted octanol–water partition coefficient (Wildman–Crippen LogP) is 2.17. The molecular weight excluding hydrogens is 311 g/mol. The second kappa shape index (κ2) is 6.23. The van der Waals surface area contributed by atoms with Crippen molar-refractivity contribution < 1.29 is 9.18 Å². The highest BCUT2D eigenvalue weighted by Crippen LogP contribution is 2.19. The standard InChI is InChI=1S/C16H17FN6O/c1-10-8-13(17)4-5-14(10)23-16(18-12(3)21-23)19-15(24)9-22-7-6-11(2)20-22/h4-8H,9H2,1-3H3,(H,18,19,21,24). The lowest BCUT2D eigenvalue weighted by atomic mass is 10.2. The van der Waals surface area contributed by atoms with Gasteiger partial charge in [-0.25, -0.2) is 4.39 Å². The van der Waals surface area contributed by atoms with Crippen molar-refractivity contribution in [3.63, 3.8) is 0 Å². The number of halogens is 1. The molecule has 0 bridgehead atoms. The van der Waals surface area contributed by atoms with Gasteiger partial charge in [0, 0.05) is 6.20 Å². The fourth-order valence-corrected chi connectivity index (χ4v) is 2.38. The van der Waals surface area contributed by atoms with Gasteiger partial charge in [0.1, 0.15) is 18.2 Å². The summed E-state index contributed by atoms with van der Waals surface area (Å²) in [5, 5.41) is 11.2. The van der Waals surface area contributed by atoms with Gasteiger partial charge in [0.05, 0.1) is 11.4 Å². The molecule has 0 saturated heterocycles. The first-order valence-corrected chi connectivity index (χ1v) is 7.42. The first-order valence-electron chi connectivity index (χ1n) is 7.42. The molecular formula is C16H17FN6O. The minimum atomic E-state index is -0.326. The number of carbonyl (C=O) groups is 1. The van der Waals surface area contributed by atoms with Crippen LogP contribution in [0.25, 0.3) is 5.69 Å². The second-order valence-electron chi connectivity index (χ2n) is 5.53. The average molecular weight is 328 g/mol. The van der Waals surface area contributed by atoms with Crippen LogP contribution in [0.5, 0.6) is 0 Å². The van der Waals surface area contributed by atoms with E-state index in [1.165, 1.54) is 16.8 Å². The second-order valence-corrected chi connectivity index (χ2v) is 5.53. The fourth-order valence-electron chi connectivity index (χ4n) is 2.38. The monoisotopic (exact) mass is 328 g/mol. The summed E-state index contributed by atoms with van der Waals surface area (Å²) in [6.45, 7) is 5.42. The van der Waals surface area contributed by atoms with E-state index >= 15 is 0 Å². The molecule has 2 heterocycles. The van der Waals surface area contributed by atoms with E-state index in [-0.39, 0.29) is 24.2 Å². The van der Waals surface area contributed by atoms with E-state index in [9.17, 15) is 9.18 Å². The number of hydrogen-bond donors (Lipinski definition) is 1. The van der Waals surface area contributed by atoms with E-state index in [1.54, 1.807) is 30.8 Å². The number of amides is 1. The Kier molecular flexibility index (Phi) is 4.11. The van der Waals surface area contributed by atoms with Gasteiger partial charge in [-0.15, -0.1) is 5.10 Å². The Morgan fingerprint density at radius 2 is 2.00 bits per heavy atom. The Hall–Kier alpha value is -3.03. The Bertz CT molecular complexity index is 898. The third-order valence-corrected chi connectivity index (χ3v) is 3.43. The number of aryl methyl sites for hydroxylation is 3. The molecule has 8 heteroatoms. The van der Waals surface area contributed by atoms with Crippen molar-refractivity contribution in [1.82, 2.24) is 24.5 Å². The van der Waals surface area contributed by atoms with Gasteiger partial charge in [-0.3, -0.25) is 14.8 Å². The Morgan fingerprint density at radius 1 is 1.21 bits per heavy atom.